The summed E-state index contributed by atoms with van der Waals surface area (Å²) in [7, 11) is 3.97. The third kappa shape index (κ3) is 3.56. The normalized spacial score (nSPS) is 11.1. The molecule has 74 valence electrons. The predicted molar refractivity (Wildman–Crippen MR) is 55.2 cm³/mol. The first kappa shape index (κ1) is 10.8. The van der Waals surface area contributed by atoms with E-state index >= 15 is 0 Å². The van der Waals surface area contributed by atoms with Crippen molar-refractivity contribution < 1.29 is 0 Å². The molecule has 1 N–H and O–H groups in total. The fourth-order valence-corrected chi connectivity index (χ4v) is 1.54. The van der Waals surface area contributed by atoms with E-state index in [1.54, 1.807) is 0 Å². The molecule has 0 aromatic carbocycles. The Morgan fingerprint density at radius 1 is 1.62 bits per heavy atom. The van der Waals surface area contributed by atoms with Gasteiger partial charge in [0.05, 0.1) is 0 Å². The van der Waals surface area contributed by atoms with Crippen molar-refractivity contribution in [2.45, 2.75) is 6.54 Å². The van der Waals surface area contributed by atoms with Crippen LogP contribution in [0, 0.1) is 0 Å². The molecule has 1 aromatic heterocycles. The molecular weight excluding hydrogens is 208 g/mol. The second-order valence-corrected chi connectivity index (χ2v) is 4.19. The Kier molecular flexibility index (Phi) is 4.58. The van der Waals surface area contributed by atoms with Crippen LogP contribution in [0.2, 0.25) is 4.34 Å². The number of aromatic nitrogens is 2. The van der Waals surface area contributed by atoms with Gasteiger partial charge in [0, 0.05) is 31.2 Å². The fraction of sp³-hybridized carbons (Fsp3) is 0.714. The van der Waals surface area contributed by atoms with Crippen LogP contribution in [0.25, 0.3) is 0 Å². The minimum Gasteiger partial charge on any atom is -0.318 e. The Balaban J connectivity index is 2.36. The lowest BCUT2D eigenvalue weighted by molar-refractivity contribution is 0.324. The molecule has 0 aliphatic heterocycles. The highest BCUT2D eigenvalue weighted by atomic mass is 35.5. The van der Waals surface area contributed by atoms with E-state index in [0.29, 0.717) is 4.34 Å². The van der Waals surface area contributed by atoms with Crippen LogP contribution in [0.3, 0.4) is 0 Å². The van der Waals surface area contributed by atoms with Gasteiger partial charge in [0.2, 0.25) is 0 Å². The summed E-state index contributed by atoms with van der Waals surface area (Å²) in [5, 5.41) is 7.02. The molecule has 0 saturated heterocycles. The maximum atomic E-state index is 5.87. The van der Waals surface area contributed by atoms with Gasteiger partial charge in [-0.25, -0.2) is 0 Å². The number of hydrogen-bond donors (Lipinski definition) is 1. The van der Waals surface area contributed by atoms with Crippen LogP contribution in [0.5, 0.6) is 0 Å². The van der Waals surface area contributed by atoms with Crippen molar-refractivity contribution in [2.75, 3.05) is 27.2 Å². The molecule has 4 nitrogen and oxygen atoms in total. The second kappa shape index (κ2) is 5.49. The summed E-state index contributed by atoms with van der Waals surface area (Å²) in [6.45, 7) is 2.70. The first-order valence-electron chi connectivity index (χ1n) is 4.04. The van der Waals surface area contributed by atoms with Gasteiger partial charge in [0.15, 0.2) is 0 Å². The molecule has 0 unspecified atom stereocenters. The van der Waals surface area contributed by atoms with Crippen LogP contribution in [-0.4, -0.2) is 41.7 Å². The molecule has 0 radical (unpaired) electrons. The average molecular weight is 221 g/mol. The van der Waals surface area contributed by atoms with Gasteiger partial charge in [-0.15, -0.1) is 5.10 Å². The standard InChI is InChI=1S/C7H13ClN4S/c1-9-3-4-12(2)5-6-7(8)13-11-10-6/h9H,3-5H2,1-2H3. The van der Waals surface area contributed by atoms with Crippen molar-refractivity contribution in [3.05, 3.63) is 10.0 Å². The summed E-state index contributed by atoms with van der Waals surface area (Å²) in [6, 6.07) is 0. The molecule has 13 heavy (non-hydrogen) atoms. The van der Waals surface area contributed by atoms with E-state index in [4.69, 9.17) is 11.6 Å². The van der Waals surface area contributed by atoms with Crippen LogP contribution in [0.1, 0.15) is 5.69 Å². The molecular formula is C7H13ClN4S. The summed E-state index contributed by atoms with van der Waals surface area (Å²) in [5.74, 6) is 0. The third-order valence-corrected chi connectivity index (χ3v) is 2.66. The van der Waals surface area contributed by atoms with Gasteiger partial charge in [0.25, 0.3) is 0 Å². The molecule has 0 spiro atoms. The quantitative estimate of drug-likeness (QED) is 0.799. The molecule has 0 aliphatic rings. The maximum Gasteiger partial charge on any atom is 0.138 e. The van der Waals surface area contributed by atoms with E-state index in [-0.39, 0.29) is 0 Å². The lowest BCUT2D eigenvalue weighted by Gasteiger charge is -2.14. The highest BCUT2D eigenvalue weighted by molar-refractivity contribution is 7.10. The van der Waals surface area contributed by atoms with E-state index in [1.165, 1.54) is 11.5 Å². The topological polar surface area (TPSA) is 41.0 Å². The fourth-order valence-electron chi connectivity index (χ4n) is 0.929. The average Bonchev–Trinajstić information content (AvgIpc) is 2.48. The molecule has 1 heterocycles. The molecule has 0 amide bonds. The predicted octanol–water partition coefficient (Wildman–Crippen LogP) is 0.843. The van der Waals surface area contributed by atoms with Crippen molar-refractivity contribution in [1.29, 1.82) is 0 Å². The number of rotatable bonds is 5. The van der Waals surface area contributed by atoms with E-state index in [0.717, 1.165) is 25.3 Å². The van der Waals surface area contributed by atoms with Crippen LogP contribution in [0.4, 0.5) is 0 Å². The molecule has 0 atom stereocenters. The molecule has 0 aliphatic carbocycles. The van der Waals surface area contributed by atoms with Crippen LogP contribution < -0.4 is 5.32 Å². The molecule has 6 heteroatoms. The van der Waals surface area contributed by atoms with Gasteiger partial charge in [-0.1, -0.05) is 16.1 Å². The number of hydrogen-bond acceptors (Lipinski definition) is 5. The molecule has 0 saturated carbocycles. The zero-order chi connectivity index (χ0) is 9.68. The van der Waals surface area contributed by atoms with E-state index in [9.17, 15) is 0 Å². The van der Waals surface area contributed by atoms with Gasteiger partial charge in [-0.05, 0) is 14.1 Å². The lowest BCUT2D eigenvalue weighted by Crippen LogP contribution is -2.27. The molecule has 0 bridgehead atoms. The summed E-state index contributed by atoms with van der Waals surface area (Å²) < 4.78 is 4.46. The van der Waals surface area contributed by atoms with Gasteiger partial charge in [-0.2, -0.15) is 0 Å². The zero-order valence-corrected chi connectivity index (χ0v) is 9.32. The Morgan fingerprint density at radius 3 is 2.92 bits per heavy atom. The lowest BCUT2D eigenvalue weighted by atomic mass is 10.4. The van der Waals surface area contributed by atoms with Gasteiger partial charge >= 0.3 is 0 Å². The molecule has 1 rings (SSSR count). The maximum absolute atomic E-state index is 5.87. The van der Waals surface area contributed by atoms with Crippen molar-refractivity contribution in [3.8, 4) is 0 Å². The third-order valence-electron chi connectivity index (χ3n) is 1.67. The second-order valence-electron chi connectivity index (χ2n) is 2.83. The summed E-state index contributed by atoms with van der Waals surface area (Å²) in [5.41, 5.74) is 0.866. The SMILES string of the molecule is CNCCN(C)Cc1nnsc1Cl. The number of nitrogens with zero attached hydrogens (tertiary/aromatic N) is 3. The van der Waals surface area contributed by atoms with Crippen molar-refractivity contribution in [3.63, 3.8) is 0 Å². The highest BCUT2D eigenvalue weighted by Crippen LogP contribution is 2.17. The van der Waals surface area contributed by atoms with Crippen molar-refractivity contribution in [2.24, 2.45) is 0 Å². The summed E-state index contributed by atoms with van der Waals surface area (Å²) >= 11 is 7.10. The first-order chi connectivity index (χ1) is 6.24. The number of halogens is 1. The molecule has 1 aromatic rings. The monoisotopic (exact) mass is 220 g/mol. The Hall–Kier alpha value is -0.230. The van der Waals surface area contributed by atoms with E-state index < -0.39 is 0 Å². The largest absolute Gasteiger partial charge is 0.318 e. The smallest absolute Gasteiger partial charge is 0.138 e. The van der Waals surface area contributed by atoms with Gasteiger partial charge in [-0.3, -0.25) is 4.90 Å². The summed E-state index contributed by atoms with van der Waals surface area (Å²) in [6.07, 6.45) is 0. The van der Waals surface area contributed by atoms with Gasteiger partial charge < -0.3 is 5.32 Å². The van der Waals surface area contributed by atoms with Crippen molar-refractivity contribution in [1.82, 2.24) is 19.8 Å². The van der Waals surface area contributed by atoms with Crippen molar-refractivity contribution >= 4 is 23.1 Å². The highest BCUT2D eigenvalue weighted by Gasteiger charge is 2.07. The Bertz CT molecular complexity index is 252. The first-order valence-corrected chi connectivity index (χ1v) is 5.19. The van der Waals surface area contributed by atoms with Crippen LogP contribution >= 0.6 is 23.1 Å². The zero-order valence-electron chi connectivity index (χ0n) is 7.75. The Labute approximate surface area is 87.1 Å². The Morgan fingerprint density at radius 2 is 2.38 bits per heavy atom. The van der Waals surface area contributed by atoms with Crippen LogP contribution in [0.15, 0.2) is 0 Å². The minimum atomic E-state index is 0.691. The number of nitrogens with one attached hydrogen (secondary N) is 1. The van der Waals surface area contributed by atoms with Gasteiger partial charge in [0.1, 0.15) is 10.0 Å². The summed E-state index contributed by atoms with van der Waals surface area (Å²) in [4.78, 5) is 2.15. The van der Waals surface area contributed by atoms with E-state index in [2.05, 4.69) is 19.8 Å². The van der Waals surface area contributed by atoms with Crippen LogP contribution in [-0.2, 0) is 6.54 Å². The number of likely N-dealkylation sites (N-methyl/N-ethyl adjacent to an activating group) is 2. The minimum absolute atomic E-state index is 0.691. The molecule has 0 fully saturated rings. The van der Waals surface area contributed by atoms with E-state index in [1.807, 2.05) is 14.1 Å².